The van der Waals surface area contributed by atoms with Crippen molar-refractivity contribution < 1.29 is 18.3 Å². The van der Waals surface area contributed by atoms with Gasteiger partial charge in [-0.15, -0.1) is 5.10 Å². The number of nitrogens with zero attached hydrogens (tertiary/aromatic N) is 2. The first-order chi connectivity index (χ1) is 12.6. The van der Waals surface area contributed by atoms with E-state index in [4.69, 9.17) is 9.15 Å². The number of methoxy groups -OCH3 is 1. The van der Waals surface area contributed by atoms with Crippen LogP contribution in [0.5, 0.6) is 5.75 Å². The van der Waals surface area contributed by atoms with Crippen LogP contribution in [0.25, 0.3) is 0 Å². The lowest BCUT2D eigenvalue weighted by molar-refractivity contribution is 0.251. The normalized spacial score (nSPS) is 10.4. The molecule has 0 unspecified atom stereocenters. The fraction of sp³-hybridized carbons (Fsp3) is 0.167. The Balaban J connectivity index is 1.49. The number of hydrogen-bond donors (Lipinski definition) is 2. The molecule has 1 heterocycles. The molecule has 2 amide bonds. The van der Waals surface area contributed by atoms with Gasteiger partial charge >= 0.3 is 12.0 Å². The summed E-state index contributed by atoms with van der Waals surface area (Å²) in [6.07, 6.45) is 0.350. The van der Waals surface area contributed by atoms with E-state index < -0.39 is 6.03 Å². The average molecular weight is 356 g/mol. The molecule has 0 bridgehead atoms. The van der Waals surface area contributed by atoms with Crippen LogP contribution in [-0.4, -0.2) is 23.3 Å². The van der Waals surface area contributed by atoms with Crippen LogP contribution in [0.3, 0.4) is 0 Å². The maximum Gasteiger partial charge on any atom is 0.323 e. The average Bonchev–Trinajstić information content (AvgIpc) is 3.09. The van der Waals surface area contributed by atoms with Crippen molar-refractivity contribution in [2.24, 2.45) is 0 Å². The number of amides is 2. The van der Waals surface area contributed by atoms with Gasteiger partial charge in [0.05, 0.1) is 13.5 Å². The number of halogens is 1. The second kappa shape index (κ2) is 8.11. The molecule has 2 N–H and O–H groups in total. The lowest BCUT2D eigenvalue weighted by Crippen LogP contribution is -2.28. The second-order valence-electron chi connectivity index (χ2n) is 5.46. The molecule has 0 aliphatic carbocycles. The number of rotatable bonds is 6. The second-order valence-corrected chi connectivity index (χ2v) is 5.46. The van der Waals surface area contributed by atoms with Crippen LogP contribution in [0.15, 0.2) is 52.9 Å². The summed E-state index contributed by atoms with van der Waals surface area (Å²) in [5, 5.41) is 12.8. The molecule has 8 heteroatoms. The Labute approximate surface area is 149 Å². The highest BCUT2D eigenvalue weighted by Gasteiger charge is 2.10. The van der Waals surface area contributed by atoms with Crippen LogP contribution in [0.4, 0.5) is 15.2 Å². The highest BCUT2D eigenvalue weighted by Crippen LogP contribution is 2.13. The Morgan fingerprint density at radius 3 is 2.46 bits per heavy atom. The monoisotopic (exact) mass is 356 g/mol. The van der Waals surface area contributed by atoms with Gasteiger partial charge in [0.2, 0.25) is 5.89 Å². The summed E-state index contributed by atoms with van der Waals surface area (Å²) in [6.45, 7) is 0.340. The van der Waals surface area contributed by atoms with Crippen molar-refractivity contribution in [3.05, 3.63) is 71.4 Å². The number of carbonyl (C=O) groups excluding carboxylic acids is 1. The van der Waals surface area contributed by atoms with E-state index in [0.717, 1.165) is 16.9 Å². The number of hydrogen-bond acceptors (Lipinski definition) is 5. The van der Waals surface area contributed by atoms with Gasteiger partial charge in [-0.3, -0.25) is 5.32 Å². The molecule has 0 saturated heterocycles. The van der Waals surface area contributed by atoms with Crippen LogP contribution in [0, 0.1) is 5.82 Å². The topological polar surface area (TPSA) is 89.3 Å². The minimum absolute atomic E-state index is 0.00524. The van der Waals surface area contributed by atoms with E-state index in [9.17, 15) is 9.18 Å². The van der Waals surface area contributed by atoms with E-state index in [1.165, 1.54) is 12.1 Å². The van der Waals surface area contributed by atoms with Crippen molar-refractivity contribution >= 4 is 12.0 Å². The molecule has 0 aliphatic heterocycles. The highest BCUT2D eigenvalue weighted by atomic mass is 19.1. The van der Waals surface area contributed by atoms with Crippen LogP contribution in [-0.2, 0) is 13.0 Å². The van der Waals surface area contributed by atoms with Crippen LogP contribution in [0.2, 0.25) is 0 Å². The largest absolute Gasteiger partial charge is 0.497 e. The molecule has 0 atom stereocenters. The van der Waals surface area contributed by atoms with Gasteiger partial charge in [-0.2, -0.15) is 0 Å². The Hall–Kier alpha value is -3.42. The molecule has 134 valence electrons. The summed E-state index contributed by atoms with van der Waals surface area (Å²) in [5.41, 5.74) is 1.74. The number of carbonyl (C=O) groups is 1. The lowest BCUT2D eigenvalue weighted by Gasteiger charge is -2.05. The van der Waals surface area contributed by atoms with Gasteiger partial charge in [0.25, 0.3) is 0 Å². The molecule has 2 aromatic carbocycles. The number of benzene rings is 2. The quantitative estimate of drug-likeness (QED) is 0.708. The molecule has 7 nitrogen and oxygen atoms in total. The summed E-state index contributed by atoms with van der Waals surface area (Å²) in [5.74, 6) is 0.759. The molecular weight excluding hydrogens is 339 g/mol. The molecule has 0 spiro atoms. The number of urea groups is 1. The number of nitrogens with one attached hydrogen (secondary N) is 2. The van der Waals surface area contributed by atoms with Gasteiger partial charge < -0.3 is 14.5 Å². The van der Waals surface area contributed by atoms with Crippen LogP contribution < -0.4 is 15.4 Å². The van der Waals surface area contributed by atoms with Crippen molar-refractivity contribution in [2.45, 2.75) is 13.0 Å². The molecule has 0 radical (unpaired) electrons. The van der Waals surface area contributed by atoms with Crippen LogP contribution >= 0.6 is 0 Å². The third-order valence-electron chi connectivity index (χ3n) is 3.57. The molecule has 0 saturated carbocycles. The Morgan fingerprint density at radius 2 is 1.77 bits per heavy atom. The zero-order chi connectivity index (χ0) is 18.4. The van der Waals surface area contributed by atoms with Gasteiger partial charge in [-0.05, 0) is 35.4 Å². The molecule has 3 rings (SSSR count). The van der Waals surface area contributed by atoms with Gasteiger partial charge in [0, 0.05) is 6.54 Å². The van der Waals surface area contributed by atoms with E-state index in [1.807, 2.05) is 24.3 Å². The number of ether oxygens (including phenoxy) is 1. The first-order valence-electron chi connectivity index (χ1n) is 7.87. The van der Waals surface area contributed by atoms with E-state index in [1.54, 1.807) is 19.2 Å². The van der Waals surface area contributed by atoms with Crippen molar-refractivity contribution in [1.82, 2.24) is 15.5 Å². The third kappa shape index (κ3) is 4.79. The first kappa shape index (κ1) is 17.4. The molecule has 0 fully saturated rings. The lowest BCUT2D eigenvalue weighted by atomic mass is 10.1. The standard InChI is InChI=1S/C18H17FN4O3/c1-25-15-8-4-13(5-9-15)11-20-17(24)21-18-23-22-16(26-18)10-12-2-6-14(19)7-3-12/h2-9H,10-11H2,1H3,(H2,20,21,23,24). The summed E-state index contributed by atoms with van der Waals surface area (Å²) in [4.78, 5) is 11.9. The molecular formula is C18H17FN4O3. The van der Waals surface area contributed by atoms with E-state index in [-0.39, 0.29) is 11.8 Å². The Morgan fingerprint density at radius 1 is 1.08 bits per heavy atom. The predicted octanol–water partition coefficient (Wildman–Crippen LogP) is 3.13. The summed E-state index contributed by atoms with van der Waals surface area (Å²) in [6, 6.07) is 12.9. The number of anilines is 1. The Kier molecular flexibility index (Phi) is 5.43. The van der Waals surface area contributed by atoms with E-state index in [2.05, 4.69) is 20.8 Å². The third-order valence-corrected chi connectivity index (χ3v) is 3.57. The summed E-state index contributed by atoms with van der Waals surface area (Å²) >= 11 is 0. The van der Waals surface area contributed by atoms with Gasteiger partial charge in [0.15, 0.2) is 0 Å². The Bertz CT molecular complexity index is 863. The van der Waals surface area contributed by atoms with Crippen molar-refractivity contribution in [3.63, 3.8) is 0 Å². The summed E-state index contributed by atoms with van der Waals surface area (Å²) < 4.78 is 23.3. The van der Waals surface area contributed by atoms with E-state index >= 15 is 0 Å². The van der Waals surface area contributed by atoms with Gasteiger partial charge in [-0.1, -0.05) is 29.4 Å². The minimum atomic E-state index is -0.460. The first-order valence-corrected chi connectivity index (χ1v) is 7.87. The van der Waals surface area contributed by atoms with Crippen molar-refractivity contribution in [3.8, 4) is 5.75 Å². The fourth-order valence-electron chi connectivity index (χ4n) is 2.22. The zero-order valence-corrected chi connectivity index (χ0v) is 14.0. The predicted molar refractivity (Wildman–Crippen MR) is 92.4 cm³/mol. The molecule has 3 aromatic rings. The van der Waals surface area contributed by atoms with Crippen molar-refractivity contribution in [1.29, 1.82) is 0 Å². The van der Waals surface area contributed by atoms with Gasteiger partial charge in [0.1, 0.15) is 11.6 Å². The molecule has 0 aliphatic rings. The zero-order valence-electron chi connectivity index (χ0n) is 14.0. The minimum Gasteiger partial charge on any atom is -0.497 e. The highest BCUT2D eigenvalue weighted by molar-refractivity contribution is 5.86. The molecule has 26 heavy (non-hydrogen) atoms. The maximum atomic E-state index is 12.9. The van der Waals surface area contributed by atoms with Crippen molar-refractivity contribution in [2.75, 3.05) is 12.4 Å². The summed E-state index contributed by atoms with van der Waals surface area (Å²) in [7, 11) is 1.59. The number of aromatic nitrogens is 2. The van der Waals surface area contributed by atoms with E-state index in [0.29, 0.717) is 18.9 Å². The molecule has 1 aromatic heterocycles. The fourth-order valence-corrected chi connectivity index (χ4v) is 2.22. The maximum absolute atomic E-state index is 12.9. The SMILES string of the molecule is COc1ccc(CNC(=O)Nc2nnc(Cc3ccc(F)cc3)o2)cc1. The smallest absolute Gasteiger partial charge is 0.323 e. The van der Waals surface area contributed by atoms with Gasteiger partial charge in [-0.25, -0.2) is 9.18 Å². The van der Waals surface area contributed by atoms with Crippen LogP contribution in [0.1, 0.15) is 17.0 Å².